The molecule has 0 radical (unpaired) electrons. The molecular formula is C21H24N4O2S. The number of hydrogen-bond donors (Lipinski definition) is 2. The summed E-state index contributed by atoms with van der Waals surface area (Å²) in [7, 11) is 3.31. The molecule has 3 rings (SSSR count). The van der Waals surface area contributed by atoms with E-state index in [0.717, 1.165) is 28.3 Å². The normalized spacial score (nSPS) is 10.8. The average molecular weight is 397 g/mol. The number of rotatable bonds is 7. The lowest BCUT2D eigenvalue weighted by molar-refractivity contribution is 0.414. The SMILES string of the molecule is COc1ccc(C(Nc2nc(SC)nc(C)c2N)c2ccc(OC)cc2)cc1. The Labute approximate surface area is 169 Å². The molecule has 28 heavy (non-hydrogen) atoms. The van der Waals surface area contributed by atoms with Crippen molar-refractivity contribution < 1.29 is 9.47 Å². The van der Waals surface area contributed by atoms with Crippen LogP contribution in [0.5, 0.6) is 11.5 Å². The molecule has 0 spiro atoms. The molecule has 0 bridgehead atoms. The number of nitrogens with zero attached hydrogens (tertiary/aromatic N) is 2. The van der Waals surface area contributed by atoms with Crippen LogP contribution in [0.3, 0.4) is 0 Å². The summed E-state index contributed by atoms with van der Waals surface area (Å²) < 4.78 is 10.6. The molecule has 1 aromatic heterocycles. The van der Waals surface area contributed by atoms with Gasteiger partial charge in [0, 0.05) is 0 Å². The van der Waals surface area contributed by atoms with Gasteiger partial charge in [0.1, 0.15) is 11.5 Å². The number of aryl methyl sites for hydroxylation is 1. The molecule has 0 amide bonds. The van der Waals surface area contributed by atoms with Crippen LogP contribution < -0.4 is 20.5 Å². The van der Waals surface area contributed by atoms with Crippen molar-refractivity contribution in [3.8, 4) is 11.5 Å². The lowest BCUT2D eigenvalue weighted by Crippen LogP contribution is -2.16. The second kappa shape index (κ2) is 8.84. The van der Waals surface area contributed by atoms with Gasteiger partial charge in [-0.3, -0.25) is 0 Å². The number of anilines is 2. The Morgan fingerprint density at radius 3 is 1.82 bits per heavy atom. The van der Waals surface area contributed by atoms with Gasteiger partial charge in [0.05, 0.1) is 31.6 Å². The first-order valence-electron chi connectivity index (χ1n) is 8.78. The number of nitrogens with one attached hydrogen (secondary N) is 1. The molecule has 6 nitrogen and oxygen atoms in total. The molecule has 0 saturated carbocycles. The van der Waals surface area contributed by atoms with Crippen LogP contribution in [0.2, 0.25) is 0 Å². The number of aromatic nitrogens is 2. The molecule has 0 fully saturated rings. The Morgan fingerprint density at radius 2 is 1.39 bits per heavy atom. The third kappa shape index (κ3) is 4.31. The molecule has 0 aliphatic heterocycles. The van der Waals surface area contributed by atoms with Crippen molar-refractivity contribution in [1.29, 1.82) is 0 Å². The zero-order valence-corrected chi connectivity index (χ0v) is 17.2. The van der Waals surface area contributed by atoms with Gasteiger partial charge < -0.3 is 20.5 Å². The van der Waals surface area contributed by atoms with Crippen LogP contribution in [0, 0.1) is 6.92 Å². The van der Waals surface area contributed by atoms with Gasteiger partial charge in [0.15, 0.2) is 11.0 Å². The van der Waals surface area contributed by atoms with E-state index in [2.05, 4.69) is 15.3 Å². The van der Waals surface area contributed by atoms with Gasteiger partial charge in [0.25, 0.3) is 0 Å². The highest BCUT2D eigenvalue weighted by atomic mass is 32.2. The predicted octanol–water partition coefficient (Wildman–Crippen LogP) is 4.31. The molecule has 7 heteroatoms. The zero-order valence-electron chi connectivity index (χ0n) is 16.4. The third-order valence-corrected chi connectivity index (χ3v) is 5.03. The molecule has 1 heterocycles. The van der Waals surface area contributed by atoms with Gasteiger partial charge in [-0.2, -0.15) is 0 Å². The van der Waals surface area contributed by atoms with E-state index in [0.29, 0.717) is 16.7 Å². The Balaban J connectivity index is 2.04. The molecule has 0 unspecified atom stereocenters. The van der Waals surface area contributed by atoms with Crippen molar-refractivity contribution in [3.63, 3.8) is 0 Å². The van der Waals surface area contributed by atoms with E-state index in [1.165, 1.54) is 11.8 Å². The van der Waals surface area contributed by atoms with E-state index in [9.17, 15) is 0 Å². The van der Waals surface area contributed by atoms with Gasteiger partial charge in [-0.25, -0.2) is 9.97 Å². The number of nitrogen functional groups attached to an aromatic ring is 1. The van der Waals surface area contributed by atoms with E-state index < -0.39 is 0 Å². The van der Waals surface area contributed by atoms with Crippen LogP contribution in [-0.2, 0) is 0 Å². The van der Waals surface area contributed by atoms with Gasteiger partial charge in [0.2, 0.25) is 0 Å². The van der Waals surface area contributed by atoms with Crippen LogP contribution in [0.25, 0.3) is 0 Å². The summed E-state index contributed by atoms with van der Waals surface area (Å²) in [5, 5.41) is 4.18. The van der Waals surface area contributed by atoms with Crippen LogP contribution in [0.1, 0.15) is 22.9 Å². The average Bonchev–Trinajstić information content (AvgIpc) is 2.75. The fourth-order valence-electron chi connectivity index (χ4n) is 2.85. The minimum absolute atomic E-state index is 0.150. The lowest BCUT2D eigenvalue weighted by Gasteiger charge is -2.22. The maximum absolute atomic E-state index is 6.27. The van der Waals surface area contributed by atoms with Crippen LogP contribution in [-0.4, -0.2) is 30.4 Å². The van der Waals surface area contributed by atoms with Gasteiger partial charge >= 0.3 is 0 Å². The second-order valence-corrected chi connectivity index (χ2v) is 6.96. The molecule has 146 valence electrons. The van der Waals surface area contributed by atoms with Gasteiger partial charge in [-0.15, -0.1) is 0 Å². The predicted molar refractivity (Wildman–Crippen MR) is 114 cm³/mol. The molecule has 0 atom stereocenters. The number of hydrogen-bond acceptors (Lipinski definition) is 7. The Bertz CT molecular complexity index is 883. The maximum atomic E-state index is 6.27. The highest BCUT2D eigenvalue weighted by Gasteiger charge is 2.18. The van der Waals surface area contributed by atoms with E-state index in [-0.39, 0.29) is 6.04 Å². The van der Waals surface area contributed by atoms with Crippen LogP contribution >= 0.6 is 11.8 Å². The summed E-state index contributed by atoms with van der Waals surface area (Å²) in [4.78, 5) is 8.98. The number of benzene rings is 2. The first kappa shape index (κ1) is 19.8. The Hall–Kier alpha value is -2.93. The minimum atomic E-state index is -0.150. The largest absolute Gasteiger partial charge is 0.497 e. The number of thioether (sulfide) groups is 1. The summed E-state index contributed by atoms with van der Waals surface area (Å²) in [5.41, 5.74) is 9.69. The molecule has 3 aromatic rings. The minimum Gasteiger partial charge on any atom is -0.497 e. The van der Waals surface area contributed by atoms with E-state index >= 15 is 0 Å². The van der Waals surface area contributed by atoms with Crippen molar-refractivity contribution in [1.82, 2.24) is 9.97 Å². The number of ether oxygens (including phenoxy) is 2. The van der Waals surface area contributed by atoms with E-state index in [1.54, 1.807) is 14.2 Å². The van der Waals surface area contributed by atoms with Crippen molar-refractivity contribution in [2.45, 2.75) is 18.1 Å². The Kier molecular flexibility index (Phi) is 6.26. The molecule has 3 N–H and O–H groups in total. The molecule has 2 aromatic carbocycles. The monoisotopic (exact) mass is 396 g/mol. The third-order valence-electron chi connectivity index (χ3n) is 4.48. The highest BCUT2D eigenvalue weighted by molar-refractivity contribution is 7.98. The van der Waals surface area contributed by atoms with Crippen molar-refractivity contribution >= 4 is 23.3 Å². The smallest absolute Gasteiger partial charge is 0.189 e. The zero-order chi connectivity index (χ0) is 20.1. The highest BCUT2D eigenvalue weighted by Crippen LogP contribution is 2.32. The first-order chi connectivity index (χ1) is 13.5. The van der Waals surface area contributed by atoms with E-state index in [4.69, 9.17) is 15.2 Å². The van der Waals surface area contributed by atoms with Crippen LogP contribution in [0.15, 0.2) is 53.7 Å². The molecule has 0 aliphatic rings. The summed E-state index contributed by atoms with van der Waals surface area (Å²) in [6.45, 7) is 1.89. The lowest BCUT2D eigenvalue weighted by atomic mass is 9.98. The second-order valence-electron chi connectivity index (χ2n) is 6.18. The Morgan fingerprint density at radius 1 is 0.893 bits per heavy atom. The van der Waals surface area contributed by atoms with Gasteiger partial charge in [-0.1, -0.05) is 36.0 Å². The summed E-state index contributed by atoms with van der Waals surface area (Å²) in [5.74, 6) is 2.23. The maximum Gasteiger partial charge on any atom is 0.189 e. The molecular weight excluding hydrogens is 372 g/mol. The van der Waals surface area contributed by atoms with E-state index in [1.807, 2.05) is 61.7 Å². The fraction of sp³-hybridized carbons (Fsp3) is 0.238. The summed E-state index contributed by atoms with van der Waals surface area (Å²) in [6, 6.07) is 15.7. The quantitative estimate of drug-likeness (QED) is 0.455. The topological polar surface area (TPSA) is 82.3 Å². The number of nitrogens with two attached hydrogens (primary N) is 1. The van der Waals surface area contributed by atoms with Gasteiger partial charge in [-0.05, 0) is 48.6 Å². The molecule has 0 saturated heterocycles. The van der Waals surface area contributed by atoms with Crippen molar-refractivity contribution in [3.05, 3.63) is 65.4 Å². The standard InChI is InChI=1S/C21H24N4O2S/c1-13-18(22)20(25-21(23-13)28-4)24-19(14-5-9-16(26-2)10-6-14)15-7-11-17(27-3)12-8-15/h5-12,19H,22H2,1-4H3,(H,23,24,25). The first-order valence-corrected chi connectivity index (χ1v) is 10.0. The number of methoxy groups -OCH3 is 2. The molecule has 0 aliphatic carbocycles. The summed E-state index contributed by atoms with van der Waals surface area (Å²) in [6.07, 6.45) is 1.94. The fourth-order valence-corrected chi connectivity index (χ4v) is 3.26. The summed E-state index contributed by atoms with van der Waals surface area (Å²) >= 11 is 1.48. The van der Waals surface area contributed by atoms with Crippen molar-refractivity contribution in [2.75, 3.05) is 31.5 Å². The van der Waals surface area contributed by atoms with Crippen molar-refractivity contribution in [2.24, 2.45) is 0 Å². The van der Waals surface area contributed by atoms with Crippen LogP contribution in [0.4, 0.5) is 11.5 Å².